The number of piperazine rings is 1. The fraction of sp³-hybridized carbons (Fsp3) is 0.333. The van der Waals surface area contributed by atoms with Gasteiger partial charge in [0.1, 0.15) is 5.75 Å². The predicted molar refractivity (Wildman–Crippen MR) is 91.4 cm³/mol. The molecule has 1 aliphatic rings. The van der Waals surface area contributed by atoms with Crippen molar-refractivity contribution in [2.75, 3.05) is 33.3 Å². The average molecular weight is 343 g/mol. The van der Waals surface area contributed by atoms with E-state index in [1.54, 1.807) is 29.0 Å². The van der Waals surface area contributed by atoms with Gasteiger partial charge in [-0.25, -0.2) is 4.79 Å². The lowest BCUT2D eigenvalue weighted by molar-refractivity contribution is 0.0634. The first-order valence-electron chi connectivity index (χ1n) is 8.16. The fourth-order valence-corrected chi connectivity index (χ4v) is 2.74. The minimum Gasteiger partial charge on any atom is -0.497 e. The van der Waals surface area contributed by atoms with Gasteiger partial charge in [0.2, 0.25) is 0 Å². The summed E-state index contributed by atoms with van der Waals surface area (Å²) in [7, 11) is 1.61. The van der Waals surface area contributed by atoms with Gasteiger partial charge in [0, 0.05) is 32.7 Å². The predicted octanol–water partition coefficient (Wildman–Crippen LogP) is 1.96. The fourth-order valence-electron chi connectivity index (χ4n) is 2.74. The lowest BCUT2D eigenvalue weighted by Gasteiger charge is -2.34. The zero-order valence-electron chi connectivity index (χ0n) is 14.1. The molecular formula is C18H21N3O4. The first kappa shape index (κ1) is 16.9. The largest absolute Gasteiger partial charge is 0.497 e. The Morgan fingerprint density at radius 2 is 1.88 bits per heavy atom. The maximum Gasteiger partial charge on any atom is 0.317 e. The summed E-state index contributed by atoms with van der Waals surface area (Å²) < 4.78 is 10.3. The lowest BCUT2D eigenvalue weighted by Crippen LogP contribution is -2.53. The zero-order chi connectivity index (χ0) is 17.6. The maximum absolute atomic E-state index is 12.3. The van der Waals surface area contributed by atoms with E-state index >= 15 is 0 Å². The number of rotatable bonds is 4. The molecule has 132 valence electrons. The average Bonchev–Trinajstić information content (AvgIpc) is 3.20. The molecule has 25 heavy (non-hydrogen) atoms. The van der Waals surface area contributed by atoms with E-state index in [0.29, 0.717) is 38.5 Å². The van der Waals surface area contributed by atoms with Crippen molar-refractivity contribution in [2.45, 2.75) is 6.54 Å². The molecule has 1 aliphatic heterocycles. The van der Waals surface area contributed by atoms with Crippen molar-refractivity contribution < 1.29 is 18.7 Å². The van der Waals surface area contributed by atoms with E-state index in [1.165, 1.54) is 6.26 Å². The summed E-state index contributed by atoms with van der Waals surface area (Å²) in [6, 6.07) is 10.8. The third-order valence-corrected chi connectivity index (χ3v) is 4.16. The summed E-state index contributed by atoms with van der Waals surface area (Å²) in [5.74, 6) is 0.953. The van der Waals surface area contributed by atoms with Crippen LogP contribution in [-0.2, 0) is 6.54 Å². The van der Waals surface area contributed by atoms with Crippen LogP contribution < -0.4 is 10.1 Å². The SMILES string of the molecule is COc1cccc(CNC(=O)N2CCN(C(=O)c3ccco3)CC2)c1. The molecule has 0 aliphatic carbocycles. The van der Waals surface area contributed by atoms with Crippen LogP contribution in [0.3, 0.4) is 0 Å². The van der Waals surface area contributed by atoms with E-state index in [0.717, 1.165) is 11.3 Å². The molecule has 0 unspecified atom stereocenters. The van der Waals surface area contributed by atoms with E-state index in [1.807, 2.05) is 24.3 Å². The quantitative estimate of drug-likeness (QED) is 0.921. The van der Waals surface area contributed by atoms with Gasteiger partial charge >= 0.3 is 6.03 Å². The molecule has 0 spiro atoms. The number of carbonyl (C=O) groups is 2. The Balaban J connectivity index is 1.47. The number of methoxy groups -OCH3 is 1. The molecule has 1 saturated heterocycles. The summed E-state index contributed by atoms with van der Waals surface area (Å²) in [5.41, 5.74) is 0.972. The van der Waals surface area contributed by atoms with Crippen LogP contribution in [0.2, 0.25) is 0 Å². The van der Waals surface area contributed by atoms with Crippen molar-refractivity contribution >= 4 is 11.9 Å². The zero-order valence-corrected chi connectivity index (χ0v) is 14.1. The summed E-state index contributed by atoms with van der Waals surface area (Å²) in [6.45, 7) is 2.41. The Hall–Kier alpha value is -2.96. The monoisotopic (exact) mass is 343 g/mol. The van der Waals surface area contributed by atoms with Gasteiger partial charge in [0.15, 0.2) is 5.76 Å². The molecule has 7 heteroatoms. The molecule has 1 aromatic heterocycles. The van der Waals surface area contributed by atoms with E-state index < -0.39 is 0 Å². The topological polar surface area (TPSA) is 75.0 Å². The highest BCUT2D eigenvalue weighted by Crippen LogP contribution is 2.13. The number of nitrogens with zero attached hydrogens (tertiary/aromatic N) is 2. The first-order valence-corrected chi connectivity index (χ1v) is 8.16. The van der Waals surface area contributed by atoms with Gasteiger partial charge in [-0.2, -0.15) is 0 Å². The minimum atomic E-state index is -0.138. The highest BCUT2D eigenvalue weighted by molar-refractivity contribution is 5.91. The Morgan fingerprint density at radius 1 is 1.12 bits per heavy atom. The number of nitrogens with one attached hydrogen (secondary N) is 1. The molecule has 1 fully saturated rings. The molecule has 2 heterocycles. The van der Waals surface area contributed by atoms with Crippen molar-refractivity contribution in [3.63, 3.8) is 0 Å². The maximum atomic E-state index is 12.3. The van der Waals surface area contributed by atoms with Crippen LogP contribution in [0.5, 0.6) is 5.75 Å². The van der Waals surface area contributed by atoms with Crippen LogP contribution in [-0.4, -0.2) is 55.0 Å². The number of carbonyl (C=O) groups excluding carboxylic acids is 2. The number of furan rings is 1. The normalized spacial score (nSPS) is 14.3. The Kier molecular flexibility index (Phi) is 5.23. The van der Waals surface area contributed by atoms with Gasteiger partial charge in [-0.1, -0.05) is 12.1 Å². The van der Waals surface area contributed by atoms with Gasteiger partial charge in [0.05, 0.1) is 13.4 Å². The molecule has 1 aromatic carbocycles. The van der Waals surface area contributed by atoms with E-state index in [-0.39, 0.29) is 11.9 Å². The summed E-state index contributed by atoms with van der Waals surface area (Å²) in [4.78, 5) is 27.9. The standard InChI is InChI=1S/C18H21N3O4/c1-24-15-5-2-4-14(12-15)13-19-18(23)21-9-7-20(8-10-21)17(22)16-6-3-11-25-16/h2-6,11-12H,7-10,13H2,1H3,(H,19,23). The second kappa shape index (κ2) is 7.74. The van der Waals surface area contributed by atoms with E-state index in [9.17, 15) is 9.59 Å². The number of hydrogen-bond acceptors (Lipinski definition) is 4. The van der Waals surface area contributed by atoms with Gasteiger partial charge in [-0.3, -0.25) is 4.79 Å². The van der Waals surface area contributed by atoms with Crippen LogP contribution in [0, 0.1) is 0 Å². The van der Waals surface area contributed by atoms with E-state index in [2.05, 4.69) is 5.32 Å². The highest BCUT2D eigenvalue weighted by atomic mass is 16.5. The van der Waals surface area contributed by atoms with Crippen molar-refractivity contribution in [3.8, 4) is 5.75 Å². The lowest BCUT2D eigenvalue weighted by atomic mass is 10.2. The molecule has 3 rings (SSSR count). The van der Waals surface area contributed by atoms with Crippen molar-refractivity contribution in [3.05, 3.63) is 54.0 Å². The summed E-state index contributed by atoms with van der Waals surface area (Å²) in [6.07, 6.45) is 1.48. The van der Waals surface area contributed by atoms with Crippen LogP contribution >= 0.6 is 0 Å². The minimum absolute atomic E-state index is 0.132. The number of amides is 3. The molecular weight excluding hydrogens is 322 g/mol. The molecule has 0 bridgehead atoms. The van der Waals surface area contributed by atoms with Crippen molar-refractivity contribution in [1.82, 2.24) is 15.1 Å². The van der Waals surface area contributed by atoms with Crippen LogP contribution in [0.15, 0.2) is 47.1 Å². The smallest absolute Gasteiger partial charge is 0.317 e. The summed E-state index contributed by atoms with van der Waals surface area (Å²) >= 11 is 0. The highest BCUT2D eigenvalue weighted by Gasteiger charge is 2.25. The third-order valence-electron chi connectivity index (χ3n) is 4.16. The van der Waals surface area contributed by atoms with Gasteiger partial charge in [-0.15, -0.1) is 0 Å². The summed E-state index contributed by atoms with van der Waals surface area (Å²) in [5, 5.41) is 2.90. The first-order chi connectivity index (χ1) is 12.2. The molecule has 7 nitrogen and oxygen atoms in total. The van der Waals surface area contributed by atoms with Crippen molar-refractivity contribution in [2.24, 2.45) is 0 Å². The Bertz CT molecular complexity index is 722. The Labute approximate surface area is 146 Å². The number of urea groups is 1. The second-order valence-corrected chi connectivity index (χ2v) is 5.77. The molecule has 0 saturated carbocycles. The number of benzene rings is 1. The molecule has 2 aromatic rings. The molecule has 0 radical (unpaired) electrons. The van der Waals surface area contributed by atoms with Crippen LogP contribution in [0.4, 0.5) is 4.79 Å². The Morgan fingerprint density at radius 3 is 2.56 bits per heavy atom. The number of ether oxygens (including phenoxy) is 1. The van der Waals surface area contributed by atoms with Gasteiger partial charge in [0.25, 0.3) is 5.91 Å². The van der Waals surface area contributed by atoms with Crippen LogP contribution in [0.1, 0.15) is 16.1 Å². The van der Waals surface area contributed by atoms with Crippen molar-refractivity contribution in [1.29, 1.82) is 0 Å². The molecule has 0 atom stereocenters. The van der Waals surface area contributed by atoms with Gasteiger partial charge < -0.3 is 24.3 Å². The third kappa shape index (κ3) is 4.12. The molecule has 1 N–H and O–H groups in total. The van der Waals surface area contributed by atoms with Gasteiger partial charge in [-0.05, 0) is 29.8 Å². The van der Waals surface area contributed by atoms with Crippen LogP contribution in [0.25, 0.3) is 0 Å². The van der Waals surface area contributed by atoms with E-state index in [4.69, 9.17) is 9.15 Å². The second-order valence-electron chi connectivity index (χ2n) is 5.77. The number of hydrogen-bond donors (Lipinski definition) is 1. The molecule has 3 amide bonds.